The highest BCUT2D eigenvalue weighted by Gasteiger charge is 2.36. The van der Waals surface area contributed by atoms with Crippen LogP contribution in [0.2, 0.25) is 5.02 Å². The summed E-state index contributed by atoms with van der Waals surface area (Å²) in [6.45, 7) is 2.33. The van der Waals surface area contributed by atoms with E-state index in [9.17, 15) is 26.3 Å². The molecule has 0 bridgehead atoms. The third-order valence-corrected chi connectivity index (χ3v) is 5.00. The van der Waals surface area contributed by atoms with Gasteiger partial charge in [0.2, 0.25) is 0 Å². The number of piperazine rings is 1. The first-order valence-electron chi connectivity index (χ1n) is 8.72. The molecule has 0 aromatic heterocycles. The molecule has 1 aliphatic heterocycles. The Labute approximate surface area is 192 Å². The molecule has 1 N–H and O–H groups in total. The van der Waals surface area contributed by atoms with E-state index in [-0.39, 0.29) is 30.4 Å². The first-order valence-corrected chi connectivity index (χ1v) is 9.10. The van der Waals surface area contributed by atoms with Crippen LogP contribution in [0.4, 0.5) is 26.3 Å². The molecule has 2 aromatic rings. The summed E-state index contributed by atoms with van der Waals surface area (Å²) in [5.41, 5.74) is -0.190. The van der Waals surface area contributed by atoms with Gasteiger partial charge in [0.05, 0.1) is 16.6 Å². The van der Waals surface area contributed by atoms with Crippen LogP contribution in [0, 0.1) is 0 Å². The van der Waals surface area contributed by atoms with E-state index in [0.29, 0.717) is 31.7 Å². The lowest BCUT2D eigenvalue weighted by molar-refractivity contribution is -0.274. The van der Waals surface area contributed by atoms with Crippen molar-refractivity contribution in [2.75, 3.05) is 26.2 Å². The molecule has 31 heavy (non-hydrogen) atoms. The molecular weight excluding hydrogens is 493 g/mol. The molecule has 1 atom stereocenters. The maximum absolute atomic E-state index is 13.3. The van der Waals surface area contributed by atoms with E-state index in [1.165, 1.54) is 24.3 Å². The fourth-order valence-corrected chi connectivity index (χ4v) is 3.70. The largest absolute Gasteiger partial charge is 0.573 e. The Morgan fingerprint density at radius 2 is 1.48 bits per heavy atom. The summed E-state index contributed by atoms with van der Waals surface area (Å²) in [7, 11) is 0. The van der Waals surface area contributed by atoms with Gasteiger partial charge in [0.25, 0.3) is 0 Å². The van der Waals surface area contributed by atoms with Crippen molar-refractivity contribution >= 4 is 36.4 Å². The second-order valence-corrected chi connectivity index (χ2v) is 6.89. The van der Waals surface area contributed by atoms with E-state index in [0.717, 1.165) is 18.2 Å². The van der Waals surface area contributed by atoms with Crippen LogP contribution < -0.4 is 10.1 Å². The number of alkyl halides is 6. The molecule has 0 unspecified atom stereocenters. The molecule has 3 rings (SSSR count). The molecule has 0 radical (unpaired) electrons. The average Bonchev–Trinajstić information content (AvgIpc) is 2.63. The number of rotatable bonds is 4. The van der Waals surface area contributed by atoms with E-state index < -0.39 is 34.9 Å². The predicted octanol–water partition coefficient (Wildman–Crippen LogP) is 6.10. The summed E-state index contributed by atoms with van der Waals surface area (Å²) in [5.74, 6) is -0.407. The molecule has 2 aromatic carbocycles. The zero-order chi connectivity index (χ0) is 21.2. The second kappa shape index (κ2) is 11.0. The van der Waals surface area contributed by atoms with Crippen molar-refractivity contribution in [1.82, 2.24) is 10.2 Å². The molecule has 12 heteroatoms. The van der Waals surface area contributed by atoms with Crippen molar-refractivity contribution in [1.29, 1.82) is 0 Å². The van der Waals surface area contributed by atoms with Gasteiger partial charge in [-0.15, -0.1) is 38.0 Å². The normalized spacial score (nSPS) is 16.1. The Balaban J connectivity index is 0.00000240. The van der Waals surface area contributed by atoms with Gasteiger partial charge in [0.15, 0.2) is 0 Å². The lowest BCUT2D eigenvalue weighted by Crippen LogP contribution is -2.45. The van der Waals surface area contributed by atoms with Crippen molar-refractivity contribution in [2.24, 2.45) is 0 Å². The summed E-state index contributed by atoms with van der Waals surface area (Å²) < 4.78 is 81.0. The van der Waals surface area contributed by atoms with E-state index in [4.69, 9.17) is 11.6 Å². The number of nitrogens with one attached hydrogen (secondary N) is 1. The highest BCUT2D eigenvalue weighted by Crippen LogP contribution is 2.41. The number of nitrogens with zero attached hydrogens (tertiary/aromatic N) is 1. The highest BCUT2D eigenvalue weighted by molar-refractivity contribution is 6.32. The van der Waals surface area contributed by atoms with Gasteiger partial charge in [0, 0.05) is 26.2 Å². The number of benzene rings is 2. The Hall–Kier alpha value is -1.39. The van der Waals surface area contributed by atoms with Crippen LogP contribution >= 0.6 is 36.4 Å². The molecular formula is C19H19Cl3F6N2O. The van der Waals surface area contributed by atoms with Gasteiger partial charge in [-0.3, -0.25) is 4.90 Å². The average molecular weight is 512 g/mol. The third kappa shape index (κ3) is 7.05. The van der Waals surface area contributed by atoms with E-state index in [1.54, 1.807) is 0 Å². The minimum atomic E-state index is -4.83. The molecule has 0 amide bonds. The molecule has 1 saturated heterocycles. The standard InChI is InChI=1S/C19H17ClF6N2O.2ClH/c20-16-14(2-1-3-15(16)18(21,22)23)17(28-10-8-27-9-11-28)12-4-6-13(7-5-12)29-19(24,25)26;;/h1-7,17,27H,8-11H2;2*1H/t17-;;/m0../s1. The molecule has 0 saturated carbocycles. The molecule has 0 aliphatic carbocycles. The summed E-state index contributed by atoms with van der Waals surface area (Å²) in [5, 5.41) is 2.74. The summed E-state index contributed by atoms with van der Waals surface area (Å²) in [6, 6.07) is 8.13. The summed E-state index contributed by atoms with van der Waals surface area (Å²) in [6.07, 6.45) is -9.45. The van der Waals surface area contributed by atoms with E-state index >= 15 is 0 Å². The lowest BCUT2D eigenvalue weighted by atomic mass is 9.94. The van der Waals surface area contributed by atoms with Gasteiger partial charge in [-0.05, 0) is 29.3 Å². The maximum atomic E-state index is 13.3. The van der Waals surface area contributed by atoms with Crippen molar-refractivity contribution < 1.29 is 31.1 Å². The quantitative estimate of drug-likeness (QED) is 0.503. The number of hydrogen-bond donors (Lipinski definition) is 1. The molecule has 1 aliphatic rings. The van der Waals surface area contributed by atoms with Gasteiger partial charge < -0.3 is 10.1 Å². The van der Waals surface area contributed by atoms with Crippen LogP contribution in [0.5, 0.6) is 5.75 Å². The summed E-state index contributed by atoms with van der Waals surface area (Å²) in [4.78, 5) is 1.94. The van der Waals surface area contributed by atoms with Gasteiger partial charge in [-0.2, -0.15) is 13.2 Å². The SMILES string of the molecule is Cl.Cl.FC(F)(F)Oc1ccc([C@@H](c2cccc(C(F)(F)F)c2Cl)N2CCNCC2)cc1. The topological polar surface area (TPSA) is 24.5 Å². The number of ether oxygens (including phenoxy) is 1. The van der Waals surface area contributed by atoms with Crippen LogP contribution in [-0.4, -0.2) is 37.4 Å². The minimum absolute atomic E-state index is 0. The summed E-state index contributed by atoms with van der Waals surface area (Å²) >= 11 is 6.14. The number of halogens is 9. The Bertz CT molecular complexity index is 840. The maximum Gasteiger partial charge on any atom is 0.573 e. The smallest absolute Gasteiger partial charge is 0.406 e. The first-order chi connectivity index (χ1) is 13.6. The van der Waals surface area contributed by atoms with Crippen molar-refractivity contribution in [2.45, 2.75) is 18.6 Å². The molecule has 174 valence electrons. The van der Waals surface area contributed by atoms with Gasteiger partial charge >= 0.3 is 12.5 Å². The fourth-order valence-electron chi connectivity index (χ4n) is 3.36. The Morgan fingerprint density at radius 3 is 2.00 bits per heavy atom. The van der Waals surface area contributed by atoms with Crippen LogP contribution in [-0.2, 0) is 6.18 Å². The minimum Gasteiger partial charge on any atom is -0.406 e. The molecule has 1 heterocycles. The third-order valence-electron chi connectivity index (χ3n) is 4.57. The van der Waals surface area contributed by atoms with Crippen molar-refractivity contribution in [3.8, 4) is 5.75 Å². The van der Waals surface area contributed by atoms with Crippen LogP contribution in [0.15, 0.2) is 42.5 Å². The van der Waals surface area contributed by atoms with Crippen molar-refractivity contribution in [3.05, 3.63) is 64.2 Å². The Morgan fingerprint density at radius 1 is 0.903 bits per heavy atom. The van der Waals surface area contributed by atoms with Crippen molar-refractivity contribution in [3.63, 3.8) is 0 Å². The first kappa shape index (κ1) is 27.6. The number of hydrogen-bond acceptors (Lipinski definition) is 3. The van der Waals surface area contributed by atoms with E-state index in [1.807, 2.05) is 4.90 Å². The highest BCUT2D eigenvalue weighted by atomic mass is 35.5. The monoisotopic (exact) mass is 510 g/mol. The second-order valence-electron chi connectivity index (χ2n) is 6.51. The van der Waals surface area contributed by atoms with Gasteiger partial charge in [0.1, 0.15) is 5.75 Å². The fraction of sp³-hybridized carbons (Fsp3) is 0.368. The molecule has 3 nitrogen and oxygen atoms in total. The lowest BCUT2D eigenvalue weighted by Gasteiger charge is -2.36. The van der Waals surface area contributed by atoms with Gasteiger partial charge in [-0.25, -0.2) is 0 Å². The van der Waals surface area contributed by atoms with Crippen LogP contribution in [0.25, 0.3) is 0 Å². The molecule has 1 fully saturated rings. The zero-order valence-corrected chi connectivity index (χ0v) is 18.2. The van der Waals surface area contributed by atoms with Crippen LogP contribution in [0.1, 0.15) is 22.7 Å². The molecule has 0 spiro atoms. The van der Waals surface area contributed by atoms with Gasteiger partial charge in [-0.1, -0.05) is 35.9 Å². The zero-order valence-electron chi connectivity index (χ0n) is 15.8. The predicted molar refractivity (Wildman–Crippen MR) is 110 cm³/mol. The van der Waals surface area contributed by atoms with E-state index in [2.05, 4.69) is 10.1 Å². The van der Waals surface area contributed by atoms with Crippen LogP contribution in [0.3, 0.4) is 0 Å². The Kier molecular flexibility index (Phi) is 9.77.